The second-order valence-corrected chi connectivity index (χ2v) is 3.81. The first-order valence-electron chi connectivity index (χ1n) is 4.72. The van der Waals surface area contributed by atoms with Gasteiger partial charge in [0.05, 0.1) is 5.02 Å². The summed E-state index contributed by atoms with van der Waals surface area (Å²) in [6.45, 7) is 2.72. The molecule has 84 valence electrons. The van der Waals surface area contributed by atoms with Gasteiger partial charge in [0.25, 0.3) is 0 Å². The Kier molecular flexibility index (Phi) is 5.79. The highest BCUT2D eigenvalue weighted by Gasteiger charge is 2.01. The maximum Gasteiger partial charge on any atom is 0.138 e. The van der Waals surface area contributed by atoms with Gasteiger partial charge in [0.15, 0.2) is 0 Å². The Bertz CT molecular complexity index is 307. The summed E-state index contributed by atoms with van der Waals surface area (Å²) in [7, 11) is 0. The molecular weight excluding hydrogens is 235 g/mol. The van der Waals surface area contributed by atoms with E-state index in [2.05, 4.69) is 5.32 Å². The van der Waals surface area contributed by atoms with E-state index in [-0.39, 0.29) is 0 Å². The molecule has 15 heavy (non-hydrogen) atoms. The van der Waals surface area contributed by atoms with Crippen molar-refractivity contribution in [1.82, 2.24) is 5.32 Å². The lowest BCUT2D eigenvalue weighted by Crippen LogP contribution is -2.26. The van der Waals surface area contributed by atoms with E-state index in [4.69, 9.17) is 33.7 Å². The van der Waals surface area contributed by atoms with E-state index in [1.807, 2.05) is 0 Å². The van der Waals surface area contributed by atoms with E-state index >= 15 is 0 Å². The molecule has 0 saturated carbocycles. The van der Waals surface area contributed by atoms with Gasteiger partial charge in [-0.3, -0.25) is 0 Å². The van der Waals surface area contributed by atoms with Crippen molar-refractivity contribution in [1.29, 1.82) is 0 Å². The minimum Gasteiger partial charge on any atom is -0.491 e. The maximum atomic E-state index is 5.92. The fourth-order valence-electron chi connectivity index (χ4n) is 1.05. The highest BCUT2D eigenvalue weighted by Crippen LogP contribution is 2.27. The monoisotopic (exact) mass is 248 g/mol. The van der Waals surface area contributed by atoms with Crippen molar-refractivity contribution in [3.8, 4) is 5.75 Å². The zero-order chi connectivity index (χ0) is 11.1. The summed E-state index contributed by atoms with van der Waals surface area (Å²) >= 11 is 11.7. The van der Waals surface area contributed by atoms with Gasteiger partial charge in [-0.15, -0.1) is 0 Å². The molecule has 0 spiro atoms. The molecule has 1 rings (SSSR count). The van der Waals surface area contributed by atoms with Crippen molar-refractivity contribution in [2.75, 3.05) is 26.2 Å². The van der Waals surface area contributed by atoms with E-state index in [1.54, 1.807) is 18.2 Å². The maximum absolute atomic E-state index is 5.92. The third-order valence-electron chi connectivity index (χ3n) is 1.75. The Morgan fingerprint density at radius 2 is 2.07 bits per heavy atom. The van der Waals surface area contributed by atoms with Crippen LogP contribution in [0.4, 0.5) is 0 Å². The number of rotatable bonds is 6. The largest absolute Gasteiger partial charge is 0.491 e. The molecule has 0 radical (unpaired) electrons. The van der Waals surface area contributed by atoms with Crippen LogP contribution in [-0.2, 0) is 0 Å². The van der Waals surface area contributed by atoms with Crippen molar-refractivity contribution in [3.05, 3.63) is 28.2 Å². The standard InChI is InChI=1S/C10H14Cl2N2O/c11-8-1-2-10(9(12)7-8)15-6-5-14-4-3-13/h1-2,7,14H,3-6,13H2. The van der Waals surface area contributed by atoms with E-state index in [0.717, 1.165) is 13.1 Å². The number of benzene rings is 1. The van der Waals surface area contributed by atoms with Gasteiger partial charge in [-0.2, -0.15) is 0 Å². The highest BCUT2D eigenvalue weighted by atomic mass is 35.5. The minimum atomic E-state index is 0.529. The Morgan fingerprint density at radius 3 is 2.73 bits per heavy atom. The predicted molar refractivity (Wildman–Crippen MR) is 63.9 cm³/mol. The Balaban J connectivity index is 2.31. The lowest BCUT2D eigenvalue weighted by atomic mass is 10.3. The highest BCUT2D eigenvalue weighted by molar-refractivity contribution is 6.35. The quantitative estimate of drug-likeness (QED) is 0.757. The molecule has 1 aromatic carbocycles. The second kappa shape index (κ2) is 6.90. The first-order valence-corrected chi connectivity index (χ1v) is 5.48. The normalized spacial score (nSPS) is 10.3. The summed E-state index contributed by atoms with van der Waals surface area (Å²) in [6.07, 6.45) is 0. The van der Waals surface area contributed by atoms with Gasteiger partial charge in [-0.1, -0.05) is 23.2 Å². The van der Waals surface area contributed by atoms with Gasteiger partial charge in [-0.05, 0) is 18.2 Å². The van der Waals surface area contributed by atoms with Crippen molar-refractivity contribution in [3.63, 3.8) is 0 Å². The van der Waals surface area contributed by atoms with Crippen LogP contribution in [0.1, 0.15) is 0 Å². The molecule has 3 N–H and O–H groups in total. The molecule has 0 aliphatic heterocycles. The van der Waals surface area contributed by atoms with Crippen LogP contribution in [0.5, 0.6) is 5.75 Å². The second-order valence-electron chi connectivity index (χ2n) is 2.96. The number of hydrogen-bond donors (Lipinski definition) is 2. The van der Waals surface area contributed by atoms with Crippen LogP contribution in [0.25, 0.3) is 0 Å². The fourth-order valence-corrected chi connectivity index (χ4v) is 1.52. The SMILES string of the molecule is NCCNCCOc1ccc(Cl)cc1Cl. The van der Waals surface area contributed by atoms with Crippen molar-refractivity contribution < 1.29 is 4.74 Å². The Labute approximate surface area is 99.5 Å². The summed E-state index contributed by atoms with van der Waals surface area (Å²) in [5, 5.41) is 4.25. The van der Waals surface area contributed by atoms with E-state index in [9.17, 15) is 0 Å². The van der Waals surface area contributed by atoms with Crippen LogP contribution in [0.2, 0.25) is 10.0 Å². The summed E-state index contributed by atoms with van der Waals surface area (Å²) in [4.78, 5) is 0. The fraction of sp³-hybridized carbons (Fsp3) is 0.400. The van der Waals surface area contributed by atoms with Crippen LogP contribution < -0.4 is 15.8 Å². The zero-order valence-electron chi connectivity index (χ0n) is 8.30. The number of halogens is 2. The predicted octanol–water partition coefficient (Wildman–Crippen LogP) is 1.92. The van der Waals surface area contributed by atoms with E-state index < -0.39 is 0 Å². The van der Waals surface area contributed by atoms with E-state index in [1.165, 1.54) is 0 Å². The van der Waals surface area contributed by atoms with Crippen LogP contribution >= 0.6 is 23.2 Å². The number of hydrogen-bond acceptors (Lipinski definition) is 3. The smallest absolute Gasteiger partial charge is 0.138 e. The van der Waals surface area contributed by atoms with Gasteiger partial charge in [0, 0.05) is 24.7 Å². The summed E-state index contributed by atoms with van der Waals surface area (Å²) in [6, 6.07) is 5.16. The van der Waals surface area contributed by atoms with Crippen molar-refractivity contribution in [2.24, 2.45) is 5.73 Å². The summed E-state index contributed by atoms with van der Waals surface area (Å²) < 4.78 is 5.44. The number of nitrogens with two attached hydrogens (primary N) is 1. The first kappa shape index (κ1) is 12.6. The van der Waals surface area contributed by atoms with Crippen molar-refractivity contribution >= 4 is 23.2 Å². The molecular formula is C10H14Cl2N2O. The molecule has 5 heteroatoms. The van der Waals surface area contributed by atoms with Gasteiger partial charge >= 0.3 is 0 Å². The lowest BCUT2D eigenvalue weighted by Gasteiger charge is -2.08. The molecule has 0 unspecified atom stereocenters. The van der Waals surface area contributed by atoms with Crippen LogP contribution in [0.3, 0.4) is 0 Å². The van der Waals surface area contributed by atoms with Crippen LogP contribution in [0.15, 0.2) is 18.2 Å². The van der Waals surface area contributed by atoms with Gasteiger partial charge < -0.3 is 15.8 Å². The topological polar surface area (TPSA) is 47.3 Å². The van der Waals surface area contributed by atoms with Crippen LogP contribution in [0, 0.1) is 0 Å². The molecule has 0 fully saturated rings. The van der Waals surface area contributed by atoms with Gasteiger partial charge in [-0.25, -0.2) is 0 Å². The summed E-state index contributed by atoms with van der Waals surface area (Å²) in [5.41, 5.74) is 5.32. The van der Waals surface area contributed by atoms with Crippen molar-refractivity contribution in [2.45, 2.75) is 0 Å². The molecule has 0 saturated heterocycles. The Morgan fingerprint density at radius 1 is 1.27 bits per heavy atom. The average Bonchev–Trinajstić information content (AvgIpc) is 2.20. The van der Waals surface area contributed by atoms with Gasteiger partial charge in [0.1, 0.15) is 12.4 Å². The Hall–Kier alpha value is -0.480. The molecule has 0 heterocycles. The lowest BCUT2D eigenvalue weighted by molar-refractivity contribution is 0.315. The molecule has 0 aromatic heterocycles. The molecule has 0 aliphatic carbocycles. The van der Waals surface area contributed by atoms with E-state index in [0.29, 0.717) is 28.9 Å². The zero-order valence-corrected chi connectivity index (χ0v) is 9.81. The molecule has 1 aromatic rings. The third kappa shape index (κ3) is 4.71. The average molecular weight is 249 g/mol. The molecule has 0 bridgehead atoms. The first-order chi connectivity index (χ1) is 7.24. The van der Waals surface area contributed by atoms with Gasteiger partial charge in [0.2, 0.25) is 0 Å². The minimum absolute atomic E-state index is 0.529. The summed E-state index contributed by atoms with van der Waals surface area (Å²) in [5.74, 6) is 0.649. The molecule has 0 aliphatic rings. The van der Waals surface area contributed by atoms with Crippen LogP contribution in [-0.4, -0.2) is 26.2 Å². The number of ether oxygens (including phenoxy) is 1. The third-order valence-corrected chi connectivity index (χ3v) is 2.28. The molecule has 3 nitrogen and oxygen atoms in total. The number of nitrogens with one attached hydrogen (secondary N) is 1. The molecule has 0 atom stereocenters. The molecule has 0 amide bonds.